The third kappa shape index (κ3) is 4.04. The molecule has 0 amide bonds. The average molecular weight is 311 g/mol. The summed E-state index contributed by atoms with van der Waals surface area (Å²) in [6, 6.07) is 10.5. The van der Waals surface area contributed by atoms with E-state index in [1.54, 1.807) is 7.11 Å². The van der Waals surface area contributed by atoms with Gasteiger partial charge in [0.15, 0.2) is 11.5 Å². The first-order valence-corrected chi connectivity index (χ1v) is 8.49. The number of nitrogens with zero attached hydrogens (tertiary/aromatic N) is 1. The van der Waals surface area contributed by atoms with Crippen molar-refractivity contribution in [3.8, 4) is 11.5 Å². The molecule has 0 N–H and O–H groups in total. The fraction of sp³-hybridized carbons (Fsp3) is 0.450. The van der Waals surface area contributed by atoms with Crippen molar-refractivity contribution < 1.29 is 9.47 Å². The summed E-state index contributed by atoms with van der Waals surface area (Å²) in [5, 5.41) is 0. The largest absolute Gasteiger partial charge is 0.493 e. The number of ether oxygens (including phenoxy) is 2. The average Bonchev–Trinajstić information content (AvgIpc) is 3.09. The SMILES string of the molecule is COc1ccc(C(C)Cc2ccncc2)cc1OC1CCCC1. The molecular weight excluding hydrogens is 286 g/mol. The molecule has 0 spiro atoms. The lowest BCUT2D eigenvalue weighted by atomic mass is 9.94. The molecule has 1 fully saturated rings. The highest BCUT2D eigenvalue weighted by molar-refractivity contribution is 5.44. The van der Waals surface area contributed by atoms with Crippen molar-refractivity contribution in [1.29, 1.82) is 0 Å². The van der Waals surface area contributed by atoms with E-state index in [1.165, 1.54) is 24.0 Å². The molecule has 1 aliphatic rings. The smallest absolute Gasteiger partial charge is 0.161 e. The Kier molecular flexibility index (Phi) is 5.16. The molecule has 1 saturated carbocycles. The molecule has 122 valence electrons. The first kappa shape index (κ1) is 15.9. The molecule has 0 saturated heterocycles. The maximum Gasteiger partial charge on any atom is 0.161 e. The Bertz CT molecular complexity index is 621. The molecule has 23 heavy (non-hydrogen) atoms. The molecule has 1 unspecified atom stereocenters. The summed E-state index contributed by atoms with van der Waals surface area (Å²) in [6.45, 7) is 2.25. The fourth-order valence-corrected chi connectivity index (χ4v) is 3.27. The minimum absolute atomic E-state index is 0.342. The van der Waals surface area contributed by atoms with Crippen LogP contribution in [0.5, 0.6) is 11.5 Å². The summed E-state index contributed by atoms with van der Waals surface area (Å²) in [6.07, 6.45) is 9.89. The predicted molar refractivity (Wildman–Crippen MR) is 92.2 cm³/mol. The van der Waals surface area contributed by atoms with E-state index in [0.717, 1.165) is 30.8 Å². The van der Waals surface area contributed by atoms with Gasteiger partial charge in [-0.05, 0) is 73.4 Å². The highest BCUT2D eigenvalue weighted by atomic mass is 16.5. The van der Waals surface area contributed by atoms with E-state index < -0.39 is 0 Å². The van der Waals surface area contributed by atoms with Crippen LogP contribution in [-0.4, -0.2) is 18.2 Å². The number of pyridine rings is 1. The van der Waals surface area contributed by atoms with Crippen LogP contribution in [0.15, 0.2) is 42.7 Å². The Labute approximate surface area is 138 Å². The summed E-state index contributed by atoms with van der Waals surface area (Å²) in [4.78, 5) is 4.08. The maximum atomic E-state index is 6.20. The van der Waals surface area contributed by atoms with E-state index in [0.29, 0.717) is 12.0 Å². The monoisotopic (exact) mass is 311 g/mol. The zero-order chi connectivity index (χ0) is 16.1. The van der Waals surface area contributed by atoms with Gasteiger partial charge in [-0.1, -0.05) is 13.0 Å². The van der Waals surface area contributed by atoms with Crippen molar-refractivity contribution in [1.82, 2.24) is 4.98 Å². The second-order valence-electron chi connectivity index (χ2n) is 6.40. The molecule has 3 nitrogen and oxygen atoms in total. The second-order valence-corrected chi connectivity index (χ2v) is 6.40. The van der Waals surface area contributed by atoms with Gasteiger partial charge in [0.2, 0.25) is 0 Å². The topological polar surface area (TPSA) is 31.4 Å². The van der Waals surface area contributed by atoms with Gasteiger partial charge in [0.25, 0.3) is 0 Å². The van der Waals surface area contributed by atoms with Crippen molar-refractivity contribution in [2.75, 3.05) is 7.11 Å². The van der Waals surface area contributed by atoms with Gasteiger partial charge in [0.1, 0.15) is 0 Å². The Morgan fingerprint density at radius 3 is 2.52 bits per heavy atom. The normalized spacial score (nSPS) is 16.3. The van der Waals surface area contributed by atoms with Crippen LogP contribution < -0.4 is 9.47 Å². The zero-order valence-corrected chi connectivity index (χ0v) is 14.0. The van der Waals surface area contributed by atoms with Crippen LogP contribution >= 0.6 is 0 Å². The third-order valence-electron chi connectivity index (χ3n) is 4.64. The number of benzene rings is 1. The molecule has 1 heterocycles. The molecule has 1 aliphatic carbocycles. The van der Waals surface area contributed by atoms with Crippen molar-refractivity contribution >= 4 is 0 Å². The molecular formula is C20H25NO2. The van der Waals surface area contributed by atoms with Crippen LogP contribution in [0.1, 0.15) is 49.7 Å². The summed E-state index contributed by atoms with van der Waals surface area (Å²) in [5.74, 6) is 2.14. The molecule has 0 aliphatic heterocycles. The lowest BCUT2D eigenvalue weighted by Gasteiger charge is -2.19. The van der Waals surface area contributed by atoms with Crippen molar-refractivity contribution in [3.63, 3.8) is 0 Å². The number of rotatable bonds is 6. The Hall–Kier alpha value is -2.03. The molecule has 1 atom stereocenters. The van der Waals surface area contributed by atoms with Gasteiger partial charge in [0.05, 0.1) is 13.2 Å². The highest BCUT2D eigenvalue weighted by Crippen LogP contribution is 2.34. The van der Waals surface area contributed by atoms with Crippen LogP contribution in [0.3, 0.4) is 0 Å². The Morgan fingerprint density at radius 2 is 1.83 bits per heavy atom. The van der Waals surface area contributed by atoms with Crippen LogP contribution in [0.25, 0.3) is 0 Å². The molecule has 0 radical (unpaired) electrons. The van der Waals surface area contributed by atoms with E-state index in [4.69, 9.17) is 9.47 Å². The summed E-state index contributed by atoms with van der Waals surface area (Å²) in [7, 11) is 1.71. The maximum absolute atomic E-state index is 6.20. The summed E-state index contributed by atoms with van der Waals surface area (Å²) >= 11 is 0. The summed E-state index contributed by atoms with van der Waals surface area (Å²) in [5.41, 5.74) is 2.59. The van der Waals surface area contributed by atoms with E-state index in [-0.39, 0.29) is 0 Å². The minimum atomic E-state index is 0.342. The van der Waals surface area contributed by atoms with Gasteiger partial charge in [-0.15, -0.1) is 0 Å². The van der Waals surface area contributed by atoms with E-state index in [9.17, 15) is 0 Å². The lowest BCUT2D eigenvalue weighted by Crippen LogP contribution is -2.12. The van der Waals surface area contributed by atoms with Crippen molar-refractivity contribution in [2.24, 2.45) is 0 Å². The fourth-order valence-electron chi connectivity index (χ4n) is 3.27. The van der Waals surface area contributed by atoms with Crippen molar-refractivity contribution in [3.05, 3.63) is 53.9 Å². The first-order valence-electron chi connectivity index (χ1n) is 8.49. The van der Waals surface area contributed by atoms with Gasteiger partial charge < -0.3 is 9.47 Å². The Balaban J connectivity index is 1.76. The van der Waals surface area contributed by atoms with Gasteiger partial charge in [-0.25, -0.2) is 0 Å². The van der Waals surface area contributed by atoms with E-state index in [1.807, 2.05) is 18.5 Å². The number of methoxy groups -OCH3 is 1. The highest BCUT2D eigenvalue weighted by Gasteiger charge is 2.19. The molecule has 1 aromatic heterocycles. The predicted octanol–water partition coefficient (Wildman–Crippen LogP) is 4.76. The number of aromatic nitrogens is 1. The minimum Gasteiger partial charge on any atom is -0.493 e. The van der Waals surface area contributed by atoms with Crippen LogP contribution in [-0.2, 0) is 6.42 Å². The number of hydrogen-bond donors (Lipinski definition) is 0. The Morgan fingerprint density at radius 1 is 1.09 bits per heavy atom. The lowest BCUT2D eigenvalue weighted by molar-refractivity contribution is 0.200. The molecule has 3 rings (SSSR count). The number of hydrogen-bond acceptors (Lipinski definition) is 3. The van der Waals surface area contributed by atoms with E-state index >= 15 is 0 Å². The van der Waals surface area contributed by atoms with Gasteiger partial charge in [-0.2, -0.15) is 0 Å². The van der Waals surface area contributed by atoms with E-state index in [2.05, 4.69) is 36.2 Å². The zero-order valence-electron chi connectivity index (χ0n) is 14.0. The van der Waals surface area contributed by atoms with Gasteiger partial charge >= 0.3 is 0 Å². The molecule has 2 aromatic rings. The molecule has 1 aromatic carbocycles. The van der Waals surface area contributed by atoms with Crippen molar-refractivity contribution in [2.45, 2.75) is 51.0 Å². The van der Waals surface area contributed by atoms with Gasteiger partial charge in [0, 0.05) is 12.4 Å². The summed E-state index contributed by atoms with van der Waals surface area (Å²) < 4.78 is 11.7. The molecule has 0 bridgehead atoms. The quantitative estimate of drug-likeness (QED) is 0.771. The van der Waals surface area contributed by atoms with Crippen LogP contribution in [0.2, 0.25) is 0 Å². The molecule has 3 heteroatoms. The standard InChI is InChI=1S/C20H25NO2/c1-15(13-16-9-11-21-12-10-16)17-7-8-19(22-2)20(14-17)23-18-5-3-4-6-18/h7-12,14-15,18H,3-6,13H2,1-2H3. The van der Waals surface area contributed by atoms with Crippen LogP contribution in [0, 0.1) is 0 Å². The second kappa shape index (κ2) is 7.49. The van der Waals surface area contributed by atoms with Crippen LogP contribution in [0.4, 0.5) is 0 Å². The van der Waals surface area contributed by atoms with Gasteiger partial charge in [-0.3, -0.25) is 4.98 Å². The third-order valence-corrected chi connectivity index (χ3v) is 4.64. The first-order chi connectivity index (χ1) is 11.3.